The molecule has 0 saturated heterocycles. The van der Waals surface area contributed by atoms with Gasteiger partial charge >= 0.3 is 5.97 Å². The molecule has 5 N–H and O–H groups in total. The summed E-state index contributed by atoms with van der Waals surface area (Å²) in [6.07, 6.45) is 3.78. The molecule has 0 radical (unpaired) electrons. The Morgan fingerprint density at radius 3 is 2.35 bits per heavy atom. The van der Waals surface area contributed by atoms with Gasteiger partial charge in [-0.3, -0.25) is 9.59 Å². The summed E-state index contributed by atoms with van der Waals surface area (Å²) in [5.74, 6) is -2.63. The molecule has 4 aliphatic rings. The van der Waals surface area contributed by atoms with E-state index in [9.17, 15) is 34.8 Å². The van der Waals surface area contributed by atoms with E-state index in [1.165, 1.54) is 13.0 Å². The Balaban J connectivity index is 1.66. The average Bonchev–Trinajstić information content (AvgIpc) is 3.24. The second kappa shape index (κ2) is 13.3. The zero-order valence-electron chi connectivity index (χ0n) is 30.5. The maximum absolute atomic E-state index is 14.8. The van der Waals surface area contributed by atoms with Gasteiger partial charge in [0.25, 0.3) is 0 Å². The molecule has 2 fully saturated rings. The number of aliphatic carboxylic acids is 1. The second-order valence-electron chi connectivity index (χ2n) is 16.7. The summed E-state index contributed by atoms with van der Waals surface area (Å²) in [5, 5.41) is 49.2. The lowest BCUT2D eigenvalue weighted by Gasteiger charge is -2.63. The molecule has 0 amide bonds. The van der Waals surface area contributed by atoms with Gasteiger partial charge in [-0.2, -0.15) is 0 Å². The average molecular weight is 676 g/mol. The Labute approximate surface area is 291 Å². The van der Waals surface area contributed by atoms with Crippen LogP contribution in [0.5, 0.6) is 0 Å². The summed E-state index contributed by atoms with van der Waals surface area (Å²) in [6, 6.07) is 9.85. The quantitative estimate of drug-likeness (QED) is 0.201. The fourth-order valence-corrected chi connectivity index (χ4v) is 11.1. The SMILES string of the molecule is CCNCC(C(O)C=C(C)C(=O)O)C(C)C1CC(O)C2(C)C3=C(C(=O)CC12C)C1(C)CCC(=O)C(C)(C)C1C(C=Cc1ccccc1)C3O. The van der Waals surface area contributed by atoms with Crippen molar-refractivity contribution in [1.29, 1.82) is 0 Å². The van der Waals surface area contributed by atoms with Crippen molar-refractivity contribution in [3.63, 3.8) is 0 Å². The molecule has 11 unspecified atom stereocenters. The standard InChI is InChI=1S/C41H57NO7/c1-9-42-22-27(29(43)19-23(2)37(48)49)24(3)28-20-32(46)41(8)34-33(30(44)21-40(28,41)7)39(6)18-17-31(45)38(4,5)36(39)26(35(34)47)16-15-25-13-11-10-12-14-25/h10-16,19,24,26-29,32,35-36,42-43,46-47H,9,17-18,20-22H2,1-8H3,(H,48,49). The number of aliphatic hydroxyl groups excluding tert-OH is 3. The zero-order valence-corrected chi connectivity index (χ0v) is 30.5. The summed E-state index contributed by atoms with van der Waals surface area (Å²) in [7, 11) is 0. The molecule has 2 saturated carbocycles. The maximum Gasteiger partial charge on any atom is 0.331 e. The van der Waals surface area contributed by atoms with E-state index in [2.05, 4.69) is 19.2 Å². The summed E-state index contributed by atoms with van der Waals surface area (Å²) in [4.78, 5) is 40.0. The first-order valence-corrected chi connectivity index (χ1v) is 18.1. The first-order valence-electron chi connectivity index (χ1n) is 18.1. The van der Waals surface area contributed by atoms with Crippen LogP contribution in [0, 0.1) is 51.2 Å². The predicted octanol–water partition coefficient (Wildman–Crippen LogP) is 5.62. The molecule has 8 heteroatoms. The van der Waals surface area contributed by atoms with Gasteiger partial charge in [0, 0.05) is 58.6 Å². The van der Waals surface area contributed by atoms with Crippen molar-refractivity contribution in [2.75, 3.05) is 13.1 Å². The molecule has 0 aromatic heterocycles. The minimum Gasteiger partial charge on any atom is -0.478 e. The van der Waals surface area contributed by atoms with Gasteiger partial charge in [-0.15, -0.1) is 0 Å². The summed E-state index contributed by atoms with van der Waals surface area (Å²) in [6.45, 7) is 16.7. The molecule has 49 heavy (non-hydrogen) atoms. The van der Waals surface area contributed by atoms with Gasteiger partial charge in [-0.25, -0.2) is 4.79 Å². The molecule has 8 nitrogen and oxygen atoms in total. The van der Waals surface area contributed by atoms with Crippen LogP contribution in [0.4, 0.5) is 0 Å². The number of hydrogen-bond donors (Lipinski definition) is 5. The van der Waals surface area contributed by atoms with Crippen molar-refractivity contribution in [2.24, 2.45) is 51.2 Å². The van der Waals surface area contributed by atoms with Crippen LogP contribution in [0.2, 0.25) is 0 Å². The number of fused-ring (bicyclic) bond motifs is 4. The number of carbonyl (C=O) groups is 3. The van der Waals surface area contributed by atoms with E-state index in [4.69, 9.17) is 0 Å². The van der Waals surface area contributed by atoms with Gasteiger partial charge in [-0.1, -0.05) is 91.0 Å². The van der Waals surface area contributed by atoms with Gasteiger partial charge in [0.2, 0.25) is 0 Å². The van der Waals surface area contributed by atoms with Gasteiger partial charge < -0.3 is 25.7 Å². The van der Waals surface area contributed by atoms with Crippen LogP contribution in [0.15, 0.2) is 59.2 Å². The Hall–Kier alpha value is -2.91. The molecule has 0 spiro atoms. The minimum atomic E-state index is -1.10. The van der Waals surface area contributed by atoms with Crippen molar-refractivity contribution >= 4 is 23.6 Å². The van der Waals surface area contributed by atoms with Gasteiger partial charge in [0.1, 0.15) is 5.78 Å². The number of rotatable bonds is 10. The van der Waals surface area contributed by atoms with Crippen molar-refractivity contribution in [2.45, 2.75) is 99.4 Å². The van der Waals surface area contributed by atoms with Crippen molar-refractivity contribution in [1.82, 2.24) is 5.32 Å². The normalized spacial score (nSPS) is 37.8. The zero-order chi connectivity index (χ0) is 36.3. The van der Waals surface area contributed by atoms with Crippen LogP contribution >= 0.6 is 0 Å². The Bertz CT molecular complexity index is 1560. The number of carbonyl (C=O) groups excluding carboxylic acids is 2. The van der Waals surface area contributed by atoms with E-state index >= 15 is 0 Å². The van der Waals surface area contributed by atoms with E-state index in [0.29, 0.717) is 43.5 Å². The molecule has 1 aromatic carbocycles. The van der Waals surface area contributed by atoms with Gasteiger partial charge in [0.05, 0.1) is 18.3 Å². The van der Waals surface area contributed by atoms with E-state index in [-0.39, 0.29) is 47.2 Å². The second-order valence-corrected chi connectivity index (χ2v) is 16.7. The first-order chi connectivity index (χ1) is 22.9. The fourth-order valence-electron chi connectivity index (χ4n) is 11.1. The number of carboxylic acid groups (broad SMARTS) is 1. The molecule has 5 rings (SSSR count). The third kappa shape index (κ3) is 5.81. The highest BCUT2D eigenvalue weighted by molar-refractivity contribution is 6.01. The van der Waals surface area contributed by atoms with E-state index in [0.717, 1.165) is 5.56 Å². The molecule has 0 bridgehead atoms. The summed E-state index contributed by atoms with van der Waals surface area (Å²) < 4.78 is 0. The van der Waals surface area contributed by atoms with Crippen molar-refractivity contribution in [3.05, 3.63) is 64.8 Å². The highest BCUT2D eigenvalue weighted by atomic mass is 16.4. The third-order valence-corrected chi connectivity index (χ3v) is 13.9. The van der Waals surface area contributed by atoms with Crippen LogP contribution in [-0.4, -0.2) is 69.4 Å². The molecule has 0 aliphatic heterocycles. The minimum absolute atomic E-state index is 0.0335. The van der Waals surface area contributed by atoms with Crippen molar-refractivity contribution in [3.8, 4) is 0 Å². The van der Waals surface area contributed by atoms with Crippen molar-refractivity contribution < 1.29 is 34.8 Å². The molecule has 1 aromatic rings. The fraction of sp³-hybridized carbons (Fsp3) is 0.634. The molecule has 268 valence electrons. The summed E-state index contributed by atoms with van der Waals surface area (Å²) >= 11 is 0. The number of aliphatic hydroxyl groups is 3. The topological polar surface area (TPSA) is 144 Å². The number of allylic oxidation sites excluding steroid dienone is 1. The number of benzene rings is 1. The number of ketones is 2. The third-order valence-electron chi connectivity index (χ3n) is 13.9. The lowest BCUT2D eigenvalue weighted by Crippen LogP contribution is -2.63. The number of Topliss-reactive ketones (excluding diaryl/α,β-unsaturated/α-hetero) is 2. The molecular weight excluding hydrogens is 618 g/mol. The summed E-state index contributed by atoms with van der Waals surface area (Å²) in [5.41, 5.74) is -0.962. The van der Waals surface area contributed by atoms with Crippen LogP contribution in [-0.2, 0) is 14.4 Å². The highest BCUT2D eigenvalue weighted by Gasteiger charge is 2.71. The molecule has 4 aliphatic carbocycles. The van der Waals surface area contributed by atoms with E-state index in [1.807, 2.05) is 77.1 Å². The Kier molecular flexibility index (Phi) is 10.2. The first kappa shape index (κ1) is 37.3. The molecule has 11 atom stereocenters. The van der Waals surface area contributed by atoms with E-state index in [1.54, 1.807) is 0 Å². The number of hydrogen-bond acceptors (Lipinski definition) is 7. The van der Waals surface area contributed by atoms with Crippen LogP contribution in [0.25, 0.3) is 6.08 Å². The lowest BCUT2D eigenvalue weighted by atomic mass is 9.40. The van der Waals surface area contributed by atoms with Crippen LogP contribution in [0.3, 0.4) is 0 Å². The molecular formula is C41H57NO7. The smallest absolute Gasteiger partial charge is 0.331 e. The van der Waals surface area contributed by atoms with E-state index < -0.39 is 51.9 Å². The Morgan fingerprint density at radius 2 is 1.73 bits per heavy atom. The highest BCUT2D eigenvalue weighted by Crippen LogP contribution is 2.72. The Morgan fingerprint density at radius 1 is 1.08 bits per heavy atom. The molecule has 0 heterocycles. The van der Waals surface area contributed by atoms with Crippen LogP contribution in [0.1, 0.15) is 86.6 Å². The predicted molar refractivity (Wildman–Crippen MR) is 190 cm³/mol. The van der Waals surface area contributed by atoms with Crippen LogP contribution < -0.4 is 5.32 Å². The maximum atomic E-state index is 14.8. The monoisotopic (exact) mass is 675 g/mol. The largest absolute Gasteiger partial charge is 0.478 e. The number of nitrogens with one attached hydrogen (secondary N) is 1. The number of carboxylic acids is 1. The lowest BCUT2D eigenvalue weighted by molar-refractivity contribution is -0.151. The van der Waals surface area contributed by atoms with Gasteiger partial charge in [0.15, 0.2) is 5.78 Å². The van der Waals surface area contributed by atoms with Gasteiger partial charge in [-0.05, 0) is 66.7 Å².